The Morgan fingerprint density at radius 3 is 2.52 bits per heavy atom. The number of carbonyl (C=O) groups excluding carboxylic acids is 2. The third-order valence-corrected chi connectivity index (χ3v) is 4.67. The van der Waals surface area contributed by atoms with Crippen molar-refractivity contribution in [3.63, 3.8) is 0 Å². The lowest BCUT2D eigenvalue weighted by atomic mass is 9.85. The fraction of sp³-hybridized carbons (Fsp3) is 0.273. The molecule has 0 heterocycles. The SMILES string of the molecule is COC(=O)COc1c(C)cc(C=C2CCc3cc(O)ccc3C2=O)cc1C. The summed E-state index contributed by atoms with van der Waals surface area (Å²) < 4.78 is 10.2. The zero-order valence-electron chi connectivity index (χ0n) is 15.7. The third kappa shape index (κ3) is 4.03. The monoisotopic (exact) mass is 366 g/mol. The number of benzene rings is 2. The molecular weight excluding hydrogens is 344 g/mol. The van der Waals surface area contributed by atoms with E-state index in [0.717, 1.165) is 34.2 Å². The maximum atomic E-state index is 12.8. The summed E-state index contributed by atoms with van der Waals surface area (Å²) in [6, 6.07) is 8.76. The Morgan fingerprint density at radius 1 is 1.15 bits per heavy atom. The molecule has 1 aliphatic rings. The molecule has 0 amide bonds. The van der Waals surface area contributed by atoms with Gasteiger partial charge in [0.05, 0.1) is 7.11 Å². The van der Waals surface area contributed by atoms with Crippen LogP contribution in [0.1, 0.15) is 39.0 Å². The molecule has 0 fully saturated rings. The standard InChI is InChI=1S/C22H22O5/c1-13-8-15(9-14(2)22(13)27-12-20(24)26-3)10-17-5-4-16-11-18(23)6-7-19(16)21(17)25/h6-11,23H,4-5,12H2,1-3H3. The molecule has 2 aromatic carbocycles. The predicted octanol–water partition coefficient (Wildman–Crippen LogP) is 3.77. The van der Waals surface area contributed by atoms with Crippen molar-refractivity contribution in [1.82, 2.24) is 0 Å². The molecule has 0 bridgehead atoms. The molecule has 0 aromatic heterocycles. The number of ketones is 1. The summed E-state index contributed by atoms with van der Waals surface area (Å²) in [5, 5.41) is 9.59. The lowest BCUT2D eigenvalue weighted by molar-refractivity contribution is -0.142. The molecule has 1 N–H and O–H groups in total. The van der Waals surface area contributed by atoms with Gasteiger partial charge in [-0.3, -0.25) is 4.79 Å². The van der Waals surface area contributed by atoms with Gasteiger partial charge in [0.1, 0.15) is 11.5 Å². The van der Waals surface area contributed by atoms with Crippen LogP contribution in [0.3, 0.4) is 0 Å². The average molecular weight is 366 g/mol. The summed E-state index contributed by atoms with van der Waals surface area (Å²) in [5.41, 5.74) is 4.97. The number of methoxy groups -OCH3 is 1. The van der Waals surface area contributed by atoms with Crippen molar-refractivity contribution in [2.75, 3.05) is 13.7 Å². The van der Waals surface area contributed by atoms with Crippen LogP contribution in [0.25, 0.3) is 6.08 Å². The van der Waals surface area contributed by atoms with Gasteiger partial charge in [0.15, 0.2) is 12.4 Å². The van der Waals surface area contributed by atoms with Gasteiger partial charge in [-0.25, -0.2) is 4.79 Å². The van der Waals surface area contributed by atoms with E-state index in [1.807, 2.05) is 32.1 Å². The second-order valence-electron chi connectivity index (χ2n) is 6.69. The van der Waals surface area contributed by atoms with Gasteiger partial charge in [0.25, 0.3) is 0 Å². The Labute approximate surface area is 158 Å². The van der Waals surface area contributed by atoms with Crippen molar-refractivity contribution >= 4 is 17.8 Å². The van der Waals surface area contributed by atoms with Gasteiger partial charge in [0, 0.05) is 11.1 Å². The topological polar surface area (TPSA) is 72.8 Å². The smallest absolute Gasteiger partial charge is 0.343 e. The van der Waals surface area contributed by atoms with Crippen LogP contribution in [0.2, 0.25) is 0 Å². The number of ether oxygens (including phenoxy) is 2. The molecule has 0 atom stereocenters. The number of fused-ring (bicyclic) bond motifs is 1. The van der Waals surface area contributed by atoms with Gasteiger partial charge in [0.2, 0.25) is 0 Å². The molecule has 0 saturated heterocycles. The van der Waals surface area contributed by atoms with E-state index in [1.54, 1.807) is 18.2 Å². The van der Waals surface area contributed by atoms with E-state index in [-0.39, 0.29) is 18.1 Å². The first-order valence-corrected chi connectivity index (χ1v) is 8.77. The van der Waals surface area contributed by atoms with Crippen molar-refractivity contribution in [3.05, 3.63) is 63.7 Å². The molecule has 3 rings (SSSR count). The van der Waals surface area contributed by atoms with Crippen molar-refractivity contribution in [2.45, 2.75) is 26.7 Å². The third-order valence-electron chi connectivity index (χ3n) is 4.67. The average Bonchev–Trinajstić information content (AvgIpc) is 2.63. The van der Waals surface area contributed by atoms with E-state index < -0.39 is 5.97 Å². The number of aryl methyl sites for hydroxylation is 3. The molecule has 1 aliphatic carbocycles. The van der Waals surface area contributed by atoms with Gasteiger partial charge < -0.3 is 14.6 Å². The van der Waals surface area contributed by atoms with Crippen LogP contribution < -0.4 is 4.74 Å². The highest BCUT2D eigenvalue weighted by Gasteiger charge is 2.22. The number of aromatic hydroxyl groups is 1. The molecule has 5 nitrogen and oxygen atoms in total. The molecule has 140 valence electrons. The fourth-order valence-corrected chi connectivity index (χ4v) is 3.39. The van der Waals surface area contributed by atoms with Crippen molar-refractivity contribution in [3.8, 4) is 11.5 Å². The van der Waals surface area contributed by atoms with E-state index in [1.165, 1.54) is 7.11 Å². The minimum atomic E-state index is -0.433. The van der Waals surface area contributed by atoms with Crippen LogP contribution in [-0.4, -0.2) is 30.6 Å². The van der Waals surface area contributed by atoms with Crippen LogP contribution in [-0.2, 0) is 16.0 Å². The number of hydrogen-bond acceptors (Lipinski definition) is 5. The number of rotatable bonds is 4. The van der Waals surface area contributed by atoms with Gasteiger partial charge >= 0.3 is 5.97 Å². The van der Waals surface area contributed by atoms with Crippen LogP contribution in [0.15, 0.2) is 35.9 Å². The molecule has 0 spiro atoms. The number of esters is 1. The summed E-state index contributed by atoms with van der Waals surface area (Å²) in [6.45, 7) is 3.67. The molecule has 0 aliphatic heterocycles. The molecule has 0 saturated carbocycles. The Kier molecular flexibility index (Phi) is 5.31. The Balaban J connectivity index is 1.86. The van der Waals surface area contributed by atoms with Crippen LogP contribution in [0, 0.1) is 13.8 Å². The molecule has 27 heavy (non-hydrogen) atoms. The molecule has 5 heteroatoms. The summed E-state index contributed by atoms with van der Waals surface area (Å²) >= 11 is 0. The van der Waals surface area contributed by atoms with Crippen LogP contribution in [0.5, 0.6) is 11.5 Å². The van der Waals surface area contributed by atoms with E-state index in [2.05, 4.69) is 4.74 Å². The number of phenolic OH excluding ortho intramolecular Hbond substituents is 1. The van der Waals surface area contributed by atoms with E-state index >= 15 is 0 Å². The fourth-order valence-electron chi connectivity index (χ4n) is 3.39. The number of hydrogen-bond donors (Lipinski definition) is 1. The van der Waals surface area contributed by atoms with Gasteiger partial charge in [-0.2, -0.15) is 0 Å². The van der Waals surface area contributed by atoms with Crippen molar-refractivity contribution < 1.29 is 24.2 Å². The maximum Gasteiger partial charge on any atom is 0.343 e. The highest BCUT2D eigenvalue weighted by Crippen LogP contribution is 2.31. The Morgan fingerprint density at radius 2 is 1.85 bits per heavy atom. The van der Waals surface area contributed by atoms with Gasteiger partial charge in [-0.15, -0.1) is 0 Å². The molecular formula is C22H22O5. The highest BCUT2D eigenvalue weighted by atomic mass is 16.6. The zero-order valence-corrected chi connectivity index (χ0v) is 15.7. The lowest BCUT2D eigenvalue weighted by Gasteiger charge is -2.18. The molecule has 0 radical (unpaired) electrons. The van der Waals surface area contributed by atoms with Crippen molar-refractivity contribution in [2.24, 2.45) is 0 Å². The summed E-state index contributed by atoms with van der Waals surface area (Å²) in [6.07, 6.45) is 3.26. The molecule has 0 unspecified atom stereocenters. The summed E-state index contributed by atoms with van der Waals surface area (Å²) in [5.74, 6) is 0.399. The van der Waals surface area contributed by atoms with E-state index in [9.17, 15) is 14.7 Å². The zero-order chi connectivity index (χ0) is 19.6. The summed E-state index contributed by atoms with van der Waals surface area (Å²) in [4.78, 5) is 24.0. The quantitative estimate of drug-likeness (QED) is 0.659. The number of carbonyl (C=O) groups is 2. The Bertz CT molecular complexity index is 917. The largest absolute Gasteiger partial charge is 0.508 e. The van der Waals surface area contributed by atoms with Crippen LogP contribution in [0.4, 0.5) is 0 Å². The minimum absolute atomic E-state index is 0.00225. The Hall–Kier alpha value is -3.08. The maximum absolute atomic E-state index is 12.8. The number of allylic oxidation sites excluding steroid dienone is 1. The number of phenols is 1. The highest BCUT2D eigenvalue weighted by molar-refractivity contribution is 6.13. The predicted molar refractivity (Wildman–Crippen MR) is 102 cm³/mol. The van der Waals surface area contributed by atoms with Gasteiger partial charge in [-0.1, -0.05) is 0 Å². The van der Waals surface area contributed by atoms with Crippen LogP contribution >= 0.6 is 0 Å². The van der Waals surface area contributed by atoms with E-state index in [0.29, 0.717) is 17.7 Å². The number of Topliss-reactive ketones (excluding diaryl/α,β-unsaturated/α-hetero) is 1. The second-order valence-corrected chi connectivity index (χ2v) is 6.69. The summed E-state index contributed by atoms with van der Waals surface area (Å²) in [7, 11) is 1.32. The second kappa shape index (κ2) is 7.66. The van der Waals surface area contributed by atoms with Gasteiger partial charge in [-0.05, 0) is 85.4 Å². The normalized spacial score (nSPS) is 14.8. The van der Waals surface area contributed by atoms with E-state index in [4.69, 9.17) is 4.74 Å². The van der Waals surface area contributed by atoms with Crippen molar-refractivity contribution in [1.29, 1.82) is 0 Å². The molecule has 2 aromatic rings. The first kappa shape index (κ1) is 18.7. The first-order chi connectivity index (χ1) is 12.9. The lowest BCUT2D eigenvalue weighted by Crippen LogP contribution is -2.14. The minimum Gasteiger partial charge on any atom is -0.508 e. The first-order valence-electron chi connectivity index (χ1n) is 8.77.